The average molecular weight is 719 g/mol. The molecule has 10 heteroatoms. The lowest BCUT2D eigenvalue weighted by Gasteiger charge is -2.34. The van der Waals surface area contributed by atoms with E-state index < -0.39 is 28.5 Å². The van der Waals surface area contributed by atoms with Crippen molar-refractivity contribution in [1.29, 1.82) is 0 Å². The zero-order valence-corrected chi connectivity index (χ0v) is 28.8. The molecule has 0 unspecified atom stereocenters. The van der Waals surface area contributed by atoms with Crippen molar-refractivity contribution in [2.45, 2.75) is 62.6 Å². The number of hydrogen-bond acceptors (Lipinski definition) is 5. The Morgan fingerprint density at radius 2 is 1.47 bits per heavy atom. The molecule has 0 aromatic heterocycles. The summed E-state index contributed by atoms with van der Waals surface area (Å²) in [6.07, 6.45) is 4.13. The summed E-state index contributed by atoms with van der Waals surface area (Å²) in [5.41, 5.74) is 1.94. The number of amides is 2. The lowest BCUT2D eigenvalue weighted by atomic mass is 10.0. The first kappa shape index (κ1) is 34.2. The van der Waals surface area contributed by atoms with Gasteiger partial charge in [0.1, 0.15) is 18.3 Å². The first-order chi connectivity index (χ1) is 22.8. The summed E-state index contributed by atoms with van der Waals surface area (Å²) in [5.74, 6) is -0.429. The molecule has 2 amide bonds. The van der Waals surface area contributed by atoms with Crippen LogP contribution in [0.4, 0.5) is 5.69 Å². The van der Waals surface area contributed by atoms with Crippen LogP contribution in [0, 0.1) is 0 Å². The number of sulfonamides is 1. The second-order valence-electron chi connectivity index (χ2n) is 11.6. The van der Waals surface area contributed by atoms with E-state index in [1.807, 2.05) is 61.5 Å². The van der Waals surface area contributed by atoms with E-state index in [1.54, 1.807) is 42.5 Å². The second-order valence-corrected chi connectivity index (χ2v) is 14.3. The van der Waals surface area contributed by atoms with Crippen LogP contribution in [0.1, 0.15) is 43.7 Å². The Balaban J connectivity index is 1.58. The van der Waals surface area contributed by atoms with Gasteiger partial charge in [-0.3, -0.25) is 13.9 Å². The fourth-order valence-corrected chi connectivity index (χ4v) is 7.59. The van der Waals surface area contributed by atoms with Crippen LogP contribution in [0.3, 0.4) is 0 Å². The Hall–Kier alpha value is -4.15. The van der Waals surface area contributed by atoms with Crippen molar-refractivity contribution >= 4 is 43.5 Å². The smallest absolute Gasteiger partial charge is 0.264 e. The molecule has 1 N–H and O–H groups in total. The minimum atomic E-state index is -4.23. The highest BCUT2D eigenvalue weighted by atomic mass is 79.9. The standard InChI is InChI=1S/C37H40BrN3O5S/c1-2-46-35-20-12-11-19-33(35)41(47(44,45)32-17-7-4-8-18-32)27-36(42)40(26-29-21-23-30(38)24-22-29)34(25-28-13-5-3-6-14-28)37(43)39-31-15-9-10-16-31/h3-8,11-14,17-24,31,34H,2,9-10,15-16,25-27H2,1H3,(H,39,43)/t34-/m1/s1. The van der Waals surface area contributed by atoms with Crippen LogP contribution in [0.5, 0.6) is 5.75 Å². The number of hydrogen-bond donors (Lipinski definition) is 1. The summed E-state index contributed by atoms with van der Waals surface area (Å²) in [4.78, 5) is 30.4. The summed E-state index contributed by atoms with van der Waals surface area (Å²) in [5, 5.41) is 3.20. The number of rotatable bonds is 14. The van der Waals surface area contributed by atoms with E-state index in [9.17, 15) is 18.0 Å². The molecular formula is C37H40BrN3O5S. The molecule has 1 saturated carbocycles. The van der Waals surface area contributed by atoms with Gasteiger partial charge in [0.05, 0.1) is 17.2 Å². The number of halogens is 1. The molecule has 8 nitrogen and oxygen atoms in total. The van der Waals surface area contributed by atoms with Gasteiger partial charge in [-0.05, 0) is 67.3 Å². The van der Waals surface area contributed by atoms with Crippen molar-refractivity contribution in [3.63, 3.8) is 0 Å². The van der Waals surface area contributed by atoms with Crippen LogP contribution in [0.2, 0.25) is 0 Å². The highest BCUT2D eigenvalue weighted by molar-refractivity contribution is 9.10. The molecule has 1 atom stereocenters. The molecule has 1 aliphatic rings. The summed E-state index contributed by atoms with van der Waals surface area (Å²) >= 11 is 3.48. The van der Waals surface area contributed by atoms with E-state index in [-0.39, 0.29) is 35.5 Å². The van der Waals surface area contributed by atoms with Crippen molar-refractivity contribution in [3.8, 4) is 5.75 Å². The Kier molecular flexibility index (Phi) is 11.7. The van der Waals surface area contributed by atoms with E-state index in [0.717, 1.165) is 45.6 Å². The minimum absolute atomic E-state index is 0.0402. The van der Waals surface area contributed by atoms with Gasteiger partial charge < -0.3 is 15.0 Å². The Bertz CT molecular complexity index is 1730. The van der Waals surface area contributed by atoms with E-state index in [2.05, 4.69) is 21.2 Å². The van der Waals surface area contributed by atoms with Crippen LogP contribution in [-0.4, -0.2) is 50.4 Å². The van der Waals surface area contributed by atoms with Gasteiger partial charge in [-0.2, -0.15) is 0 Å². The zero-order chi connectivity index (χ0) is 33.2. The van der Waals surface area contributed by atoms with Crippen LogP contribution < -0.4 is 14.4 Å². The van der Waals surface area contributed by atoms with Crippen LogP contribution in [-0.2, 0) is 32.6 Å². The Labute approximate surface area is 285 Å². The number of carbonyl (C=O) groups excluding carboxylic acids is 2. The highest BCUT2D eigenvalue weighted by Gasteiger charge is 2.36. The normalized spacial score (nSPS) is 13.9. The topological polar surface area (TPSA) is 96.0 Å². The average Bonchev–Trinajstić information content (AvgIpc) is 3.60. The molecule has 5 rings (SSSR count). The maximum atomic E-state index is 14.7. The summed E-state index contributed by atoms with van der Waals surface area (Å²) in [6.45, 7) is 1.68. The van der Waals surface area contributed by atoms with Crippen LogP contribution >= 0.6 is 15.9 Å². The van der Waals surface area contributed by atoms with E-state index in [0.29, 0.717) is 12.4 Å². The lowest BCUT2D eigenvalue weighted by molar-refractivity contribution is -0.140. The first-order valence-corrected chi connectivity index (χ1v) is 18.2. The molecule has 0 aliphatic heterocycles. The lowest BCUT2D eigenvalue weighted by Crippen LogP contribution is -2.54. The molecule has 1 fully saturated rings. The molecule has 0 saturated heterocycles. The van der Waals surface area contributed by atoms with Crippen molar-refractivity contribution in [2.24, 2.45) is 0 Å². The van der Waals surface area contributed by atoms with Crippen molar-refractivity contribution < 1.29 is 22.7 Å². The first-order valence-electron chi connectivity index (χ1n) is 15.9. The molecule has 0 bridgehead atoms. The zero-order valence-electron chi connectivity index (χ0n) is 26.4. The molecule has 0 spiro atoms. The summed E-state index contributed by atoms with van der Waals surface area (Å²) in [6, 6.07) is 31.1. The van der Waals surface area contributed by atoms with Crippen LogP contribution in [0.25, 0.3) is 0 Å². The van der Waals surface area contributed by atoms with E-state index in [4.69, 9.17) is 4.74 Å². The molecule has 1 aliphatic carbocycles. The second kappa shape index (κ2) is 16.1. The quantitative estimate of drug-likeness (QED) is 0.156. The van der Waals surface area contributed by atoms with Gasteiger partial charge in [0.2, 0.25) is 11.8 Å². The third kappa shape index (κ3) is 8.81. The van der Waals surface area contributed by atoms with Crippen molar-refractivity contribution in [2.75, 3.05) is 17.5 Å². The molecule has 246 valence electrons. The Morgan fingerprint density at radius 1 is 0.851 bits per heavy atom. The van der Waals surface area contributed by atoms with Crippen LogP contribution in [0.15, 0.2) is 119 Å². The monoisotopic (exact) mass is 717 g/mol. The summed E-state index contributed by atoms with van der Waals surface area (Å²) < 4.78 is 36.4. The van der Waals surface area contributed by atoms with Gasteiger partial charge in [-0.1, -0.05) is 102 Å². The van der Waals surface area contributed by atoms with Gasteiger partial charge >= 0.3 is 0 Å². The Morgan fingerprint density at radius 3 is 2.13 bits per heavy atom. The largest absolute Gasteiger partial charge is 0.492 e. The predicted molar refractivity (Wildman–Crippen MR) is 188 cm³/mol. The van der Waals surface area contributed by atoms with E-state index in [1.165, 1.54) is 17.0 Å². The maximum absolute atomic E-state index is 14.7. The molecule has 4 aromatic rings. The van der Waals surface area contributed by atoms with Gasteiger partial charge in [-0.25, -0.2) is 8.42 Å². The number of anilines is 1. The van der Waals surface area contributed by atoms with Gasteiger partial charge in [0, 0.05) is 23.5 Å². The number of ether oxygens (including phenoxy) is 1. The van der Waals surface area contributed by atoms with Gasteiger partial charge in [0.25, 0.3) is 10.0 Å². The number of carbonyl (C=O) groups is 2. The number of para-hydroxylation sites is 2. The van der Waals surface area contributed by atoms with E-state index >= 15 is 0 Å². The molecule has 47 heavy (non-hydrogen) atoms. The fraction of sp³-hybridized carbons (Fsp3) is 0.297. The van der Waals surface area contributed by atoms with Crippen molar-refractivity contribution in [1.82, 2.24) is 10.2 Å². The molecule has 4 aromatic carbocycles. The maximum Gasteiger partial charge on any atom is 0.264 e. The third-order valence-corrected chi connectivity index (χ3v) is 10.6. The van der Waals surface area contributed by atoms with Gasteiger partial charge in [0.15, 0.2) is 0 Å². The SMILES string of the molecule is CCOc1ccccc1N(CC(=O)N(Cc1ccc(Br)cc1)[C@H](Cc1ccccc1)C(=O)NC1CCCC1)S(=O)(=O)c1ccccc1. The highest BCUT2D eigenvalue weighted by Crippen LogP contribution is 2.33. The predicted octanol–water partition coefficient (Wildman–Crippen LogP) is 6.74. The number of nitrogens with one attached hydrogen (secondary N) is 1. The third-order valence-electron chi connectivity index (χ3n) is 8.28. The fourth-order valence-electron chi connectivity index (χ4n) is 5.88. The molecule has 0 radical (unpaired) electrons. The van der Waals surface area contributed by atoms with Gasteiger partial charge in [-0.15, -0.1) is 0 Å². The number of nitrogens with zero attached hydrogens (tertiary/aromatic N) is 2. The minimum Gasteiger partial charge on any atom is -0.492 e. The molecular weight excluding hydrogens is 678 g/mol. The summed E-state index contributed by atoms with van der Waals surface area (Å²) in [7, 11) is -4.23. The van der Waals surface area contributed by atoms with Crippen molar-refractivity contribution in [3.05, 3.63) is 125 Å². The molecule has 0 heterocycles. The number of benzene rings is 4.